The third-order valence-corrected chi connectivity index (χ3v) is 2.86. The Morgan fingerprint density at radius 2 is 2.24 bits per heavy atom. The second-order valence-electron chi connectivity index (χ2n) is 3.66. The molecule has 0 aliphatic rings. The summed E-state index contributed by atoms with van der Waals surface area (Å²) in [6.07, 6.45) is 0. The zero-order valence-corrected chi connectivity index (χ0v) is 11.7. The van der Waals surface area contributed by atoms with Crippen molar-refractivity contribution in [2.45, 2.75) is 6.92 Å². The summed E-state index contributed by atoms with van der Waals surface area (Å²) in [5.74, 6) is -0.0940. The van der Waals surface area contributed by atoms with Crippen molar-refractivity contribution in [1.82, 2.24) is 4.90 Å². The highest BCUT2D eigenvalue weighted by Gasteiger charge is 2.14. The maximum absolute atomic E-state index is 12.1. The van der Waals surface area contributed by atoms with Crippen LogP contribution in [0.2, 0.25) is 0 Å². The first kappa shape index (κ1) is 14.0. The van der Waals surface area contributed by atoms with Crippen molar-refractivity contribution in [1.29, 1.82) is 0 Å². The molecule has 1 rings (SSSR count). The number of ether oxygens (including phenoxy) is 1. The van der Waals surface area contributed by atoms with E-state index in [4.69, 9.17) is 10.5 Å². The Hall–Kier alpha value is -1.07. The minimum absolute atomic E-state index is 0.0940. The van der Waals surface area contributed by atoms with E-state index in [2.05, 4.69) is 15.9 Å². The number of hydrogen-bond donors (Lipinski definition) is 1. The van der Waals surface area contributed by atoms with Crippen LogP contribution in [0.3, 0.4) is 0 Å². The Kier molecular flexibility index (Phi) is 5.44. The second kappa shape index (κ2) is 6.61. The fourth-order valence-corrected chi connectivity index (χ4v) is 1.73. The maximum Gasteiger partial charge on any atom is 0.255 e. The molecular formula is C12H17BrN2O2. The van der Waals surface area contributed by atoms with Crippen LogP contribution in [0.5, 0.6) is 0 Å². The largest absolute Gasteiger partial charge is 0.398 e. The number of carbonyl (C=O) groups excluding carboxylic acids is 1. The molecule has 0 unspecified atom stereocenters. The van der Waals surface area contributed by atoms with E-state index in [0.29, 0.717) is 31.0 Å². The van der Waals surface area contributed by atoms with Crippen LogP contribution in [0, 0.1) is 0 Å². The third kappa shape index (κ3) is 4.02. The van der Waals surface area contributed by atoms with E-state index in [1.807, 2.05) is 13.0 Å². The molecule has 4 nitrogen and oxygen atoms in total. The van der Waals surface area contributed by atoms with Crippen molar-refractivity contribution in [3.8, 4) is 0 Å². The van der Waals surface area contributed by atoms with Crippen molar-refractivity contribution in [2.75, 3.05) is 32.5 Å². The number of nitrogens with two attached hydrogens (primary N) is 1. The van der Waals surface area contributed by atoms with Gasteiger partial charge >= 0.3 is 0 Å². The maximum atomic E-state index is 12.1. The number of rotatable bonds is 5. The smallest absolute Gasteiger partial charge is 0.255 e. The molecule has 0 saturated carbocycles. The van der Waals surface area contributed by atoms with Gasteiger partial charge in [0.25, 0.3) is 5.91 Å². The number of nitrogens with zero attached hydrogens (tertiary/aromatic N) is 1. The van der Waals surface area contributed by atoms with Crippen molar-refractivity contribution in [3.63, 3.8) is 0 Å². The van der Waals surface area contributed by atoms with Crippen molar-refractivity contribution >= 4 is 27.5 Å². The predicted octanol–water partition coefficient (Wildman–Crippen LogP) is 2.14. The summed E-state index contributed by atoms with van der Waals surface area (Å²) in [5.41, 5.74) is 6.78. The molecule has 0 aliphatic heterocycles. The van der Waals surface area contributed by atoms with E-state index >= 15 is 0 Å². The summed E-state index contributed by atoms with van der Waals surface area (Å²) >= 11 is 3.33. The van der Waals surface area contributed by atoms with Gasteiger partial charge in [-0.15, -0.1) is 0 Å². The van der Waals surface area contributed by atoms with E-state index in [1.165, 1.54) is 0 Å². The van der Waals surface area contributed by atoms with Gasteiger partial charge in [-0.05, 0) is 25.1 Å². The van der Waals surface area contributed by atoms with Crippen molar-refractivity contribution in [2.24, 2.45) is 0 Å². The summed E-state index contributed by atoms with van der Waals surface area (Å²) in [5, 5.41) is 0. The van der Waals surface area contributed by atoms with Gasteiger partial charge in [-0.1, -0.05) is 15.9 Å². The Bertz CT molecular complexity index is 396. The Balaban J connectivity index is 2.71. The summed E-state index contributed by atoms with van der Waals surface area (Å²) in [6, 6.07) is 5.26. The van der Waals surface area contributed by atoms with Crippen LogP contribution in [0.25, 0.3) is 0 Å². The number of nitrogen functional groups attached to an aromatic ring is 1. The summed E-state index contributed by atoms with van der Waals surface area (Å²) < 4.78 is 6.05. The topological polar surface area (TPSA) is 55.6 Å². The van der Waals surface area contributed by atoms with E-state index in [0.717, 1.165) is 4.47 Å². The standard InChI is InChI=1S/C12H17BrN2O2/c1-3-17-7-6-15(2)12(16)10-8-9(13)4-5-11(10)14/h4-5,8H,3,6-7,14H2,1-2H3. The van der Waals surface area contributed by atoms with Crippen LogP contribution in [0.4, 0.5) is 5.69 Å². The molecule has 1 aromatic rings. The average molecular weight is 301 g/mol. The molecule has 0 aliphatic carbocycles. The number of hydrogen-bond acceptors (Lipinski definition) is 3. The molecule has 1 aromatic carbocycles. The van der Waals surface area contributed by atoms with E-state index in [-0.39, 0.29) is 5.91 Å². The number of halogens is 1. The normalized spacial score (nSPS) is 10.3. The van der Waals surface area contributed by atoms with Gasteiger partial charge in [0.15, 0.2) is 0 Å². The van der Waals surface area contributed by atoms with Gasteiger partial charge in [0.05, 0.1) is 12.2 Å². The van der Waals surface area contributed by atoms with Crippen LogP contribution in [0.1, 0.15) is 17.3 Å². The van der Waals surface area contributed by atoms with Gasteiger partial charge in [-0.25, -0.2) is 0 Å². The van der Waals surface area contributed by atoms with Gasteiger partial charge in [0.2, 0.25) is 0 Å². The van der Waals surface area contributed by atoms with E-state index in [1.54, 1.807) is 24.1 Å². The summed E-state index contributed by atoms with van der Waals surface area (Å²) in [4.78, 5) is 13.7. The lowest BCUT2D eigenvalue weighted by atomic mass is 10.1. The lowest BCUT2D eigenvalue weighted by Gasteiger charge is -2.18. The Morgan fingerprint density at radius 3 is 2.88 bits per heavy atom. The number of benzene rings is 1. The SMILES string of the molecule is CCOCCN(C)C(=O)c1cc(Br)ccc1N. The number of likely N-dealkylation sites (N-methyl/N-ethyl adjacent to an activating group) is 1. The molecule has 0 fully saturated rings. The van der Waals surface area contributed by atoms with Gasteiger partial charge in [0, 0.05) is 30.4 Å². The molecule has 94 valence electrons. The number of anilines is 1. The molecule has 5 heteroatoms. The van der Waals surface area contributed by atoms with Crippen LogP contribution >= 0.6 is 15.9 Å². The molecule has 0 bridgehead atoms. The second-order valence-corrected chi connectivity index (χ2v) is 4.57. The minimum Gasteiger partial charge on any atom is -0.398 e. The Labute approximate surface area is 110 Å². The fourth-order valence-electron chi connectivity index (χ4n) is 1.37. The van der Waals surface area contributed by atoms with Crippen LogP contribution in [-0.4, -0.2) is 37.6 Å². The molecule has 0 atom stereocenters. The van der Waals surface area contributed by atoms with Crippen LogP contribution < -0.4 is 5.73 Å². The molecule has 1 amide bonds. The quantitative estimate of drug-likeness (QED) is 0.669. The Morgan fingerprint density at radius 1 is 1.53 bits per heavy atom. The van der Waals surface area contributed by atoms with Crippen LogP contribution in [-0.2, 0) is 4.74 Å². The zero-order valence-electron chi connectivity index (χ0n) is 10.1. The molecule has 0 heterocycles. The highest BCUT2D eigenvalue weighted by atomic mass is 79.9. The van der Waals surface area contributed by atoms with Gasteiger partial charge in [-0.2, -0.15) is 0 Å². The predicted molar refractivity (Wildman–Crippen MR) is 72.0 cm³/mol. The summed E-state index contributed by atoms with van der Waals surface area (Å²) in [6.45, 7) is 3.67. The number of amides is 1. The average Bonchev–Trinajstić information content (AvgIpc) is 2.31. The van der Waals surface area contributed by atoms with Crippen molar-refractivity contribution in [3.05, 3.63) is 28.2 Å². The van der Waals surface area contributed by atoms with Crippen molar-refractivity contribution < 1.29 is 9.53 Å². The number of carbonyl (C=O) groups is 1. The highest BCUT2D eigenvalue weighted by Crippen LogP contribution is 2.19. The highest BCUT2D eigenvalue weighted by molar-refractivity contribution is 9.10. The third-order valence-electron chi connectivity index (χ3n) is 2.37. The molecule has 2 N–H and O–H groups in total. The fraction of sp³-hybridized carbons (Fsp3) is 0.417. The zero-order chi connectivity index (χ0) is 12.8. The van der Waals surface area contributed by atoms with E-state index < -0.39 is 0 Å². The minimum atomic E-state index is -0.0940. The molecule has 17 heavy (non-hydrogen) atoms. The van der Waals surface area contributed by atoms with Gasteiger partial charge in [-0.3, -0.25) is 4.79 Å². The first-order chi connectivity index (χ1) is 8.06. The van der Waals surface area contributed by atoms with Crippen LogP contribution in [0.15, 0.2) is 22.7 Å². The molecule has 0 spiro atoms. The van der Waals surface area contributed by atoms with Gasteiger partial charge in [0.1, 0.15) is 0 Å². The molecule has 0 aromatic heterocycles. The molecule has 0 saturated heterocycles. The first-order valence-corrected chi connectivity index (χ1v) is 6.23. The monoisotopic (exact) mass is 300 g/mol. The lowest BCUT2D eigenvalue weighted by Crippen LogP contribution is -2.30. The summed E-state index contributed by atoms with van der Waals surface area (Å²) in [7, 11) is 1.74. The molecule has 0 radical (unpaired) electrons. The molecular weight excluding hydrogens is 284 g/mol. The van der Waals surface area contributed by atoms with Gasteiger partial charge < -0.3 is 15.4 Å². The first-order valence-electron chi connectivity index (χ1n) is 5.44. The lowest BCUT2D eigenvalue weighted by molar-refractivity contribution is 0.0711. The van der Waals surface area contributed by atoms with E-state index in [9.17, 15) is 4.79 Å².